The summed E-state index contributed by atoms with van der Waals surface area (Å²) in [5.74, 6) is 2.43. The van der Waals surface area contributed by atoms with Crippen molar-refractivity contribution in [1.29, 1.82) is 0 Å². The Morgan fingerprint density at radius 1 is 1.13 bits per heavy atom. The van der Waals surface area contributed by atoms with Gasteiger partial charge in [-0.15, -0.1) is 0 Å². The number of anilines is 1. The van der Waals surface area contributed by atoms with E-state index < -0.39 is 0 Å². The second kappa shape index (κ2) is 6.95. The number of hydrazine groups is 1. The van der Waals surface area contributed by atoms with Gasteiger partial charge in [-0.05, 0) is 67.8 Å². The summed E-state index contributed by atoms with van der Waals surface area (Å²) in [6.45, 7) is 2.62. The third-order valence-corrected chi connectivity index (χ3v) is 5.99. The van der Waals surface area contributed by atoms with E-state index in [1.54, 1.807) is 0 Å². The van der Waals surface area contributed by atoms with Gasteiger partial charge < -0.3 is 20.6 Å². The van der Waals surface area contributed by atoms with Crippen LogP contribution in [0.1, 0.15) is 51.8 Å². The Hall–Kier alpha value is -3.65. The average molecular weight is 413 g/mol. The van der Waals surface area contributed by atoms with Crippen molar-refractivity contribution < 1.29 is 4.79 Å². The molecule has 2 aliphatic heterocycles. The summed E-state index contributed by atoms with van der Waals surface area (Å²) in [6, 6.07) is 14.0. The van der Waals surface area contributed by atoms with Crippen LogP contribution in [0.3, 0.4) is 0 Å². The van der Waals surface area contributed by atoms with E-state index in [0.717, 1.165) is 39.7 Å². The van der Waals surface area contributed by atoms with Crippen LogP contribution in [0.2, 0.25) is 0 Å². The summed E-state index contributed by atoms with van der Waals surface area (Å²) in [7, 11) is 0. The minimum absolute atomic E-state index is 0.0133. The first-order valence-corrected chi connectivity index (χ1v) is 10.6. The molecule has 8 heteroatoms. The molecule has 0 spiro atoms. The van der Waals surface area contributed by atoms with Crippen LogP contribution in [0.15, 0.2) is 53.7 Å². The molecule has 3 aromatic rings. The molecule has 3 aliphatic rings. The van der Waals surface area contributed by atoms with E-state index in [2.05, 4.69) is 56.5 Å². The van der Waals surface area contributed by atoms with Crippen molar-refractivity contribution in [1.82, 2.24) is 25.7 Å². The molecule has 2 aromatic carbocycles. The average Bonchev–Trinajstić information content (AvgIpc) is 3.24. The highest BCUT2D eigenvalue weighted by Gasteiger charge is 2.27. The van der Waals surface area contributed by atoms with Crippen LogP contribution in [0, 0.1) is 6.92 Å². The topological polar surface area (TPSA) is 95.4 Å². The van der Waals surface area contributed by atoms with E-state index >= 15 is 0 Å². The summed E-state index contributed by atoms with van der Waals surface area (Å²) >= 11 is 0. The van der Waals surface area contributed by atoms with E-state index in [9.17, 15) is 4.79 Å². The second-order valence-corrected chi connectivity index (χ2v) is 8.25. The number of aryl methyl sites for hydroxylation is 1. The van der Waals surface area contributed by atoms with E-state index in [0.29, 0.717) is 12.5 Å². The van der Waals surface area contributed by atoms with Crippen LogP contribution in [0.25, 0.3) is 5.69 Å². The molecule has 1 aromatic heterocycles. The molecular formula is C23H23N7O. The van der Waals surface area contributed by atoms with Gasteiger partial charge in [-0.3, -0.25) is 4.79 Å². The smallest absolute Gasteiger partial charge is 0.251 e. The van der Waals surface area contributed by atoms with Crippen molar-refractivity contribution in [3.05, 3.63) is 76.9 Å². The maximum atomic E-state index is 11.7. The SMILES string of the molecule is Cc1nc(C2CC2)cn1-c1ccc(C2=NC(Nc3ccc4c(c3)CNC4=O)NN2)cc1. The summed E-state index contributed by atoms with van der Waals surface area (Å²) in [6.07, 6.45) is 4.37. The number of benzene rings is 2. The standard InChI is InChI=1S/C23H23N7O/c1-13-25-20(14-2-3-14)12-30(13)18-7-4-15(5-8-18)21-27-23(29-28-21)26-17-6-9-19-16(10-17)11-24-22(19)31/h4-10,12,14,23,26,29H,2-3,11H2,1H3,(H,24,31)(H,27,28). The number of amides is 1. The molecule has 0 saturated heterocycles. The third kappa shape index (κ3) is 3.34. The van der Waals surface area contributed by atoms with Crippen molar-refractivity contribution in [2.24, 2.45) is 4.99 Å². The predicted octanol–water partition coefficient (Wildman–Crippen LogP) is 2.55. The molecule has 31 heavy (non-hydrogen) atoms. The lowest BCUT2D eigenvalue weighted by Gasteiger charge is -2.12. The van der Waals surface area contributed by atoms with Gasteiger partial charge in [-0.2, -0.15) is 5.43 Å². The Morgan fingerprint density at radius 3 is 2.77 bits per heavy atom. The molecule has 4 N–H and O–H groups in total. The number of imidazole rings is 1. The van der Waals surface area contributed by atoms with Crippen molar-refractivity contribution in [3.8, 4) is 5.69 Å². The Morgan fingerprint density at radius 2 is 1.97 bits per heavy atom. The van der Waals surface area contributed by atoms with Gasteiger partial charge in [0.05, 0.1) is 5.69 Å². The lowest BCUT2D eigenvalue weighted by molar-refractivity contribution is 0.0966. The number of hydrogen-bond donors (Lipinski definition) is 4. The quantitative estimate of drug-likeness (QED) is 0.516. The van der Waals surface area contributed by atoms with Crippen molar-refractivity contribution in [2.45, 2.75) is 38.5 Å². The van der Waals surface area contributed by atoms with Gasteiger partial charge in [0, 0.05) is 41.2 Å². The van der Waals surface area contributed by atoms with E-state index in [-0.39, 0.29) is 12.2 Å². The zero-order valence-electron chi connectivity index (χ0n) is 17.1. The van der Waals surface area contributed by atoms with Crippen molar-refractivity contribution >= 4 is 17.4 Å². The molecule has 1 atom stereocenters. The molecule has 8 nitrogen and oxygen atoms in total. The van der Waals surface area contributed by atoms with Crippen LogP contribution in [-0.4, -0.2) is 27.6 Å². The molecule has 1 aliphatic carbocycles. The zero-order chi connectivity index (χ0) is 20.9. The monoisotopic (exact) mass is 413 g/mol. The first-order chi connectivity index (χ1) is 15.1. The molecule has 1 amide bonds. The van der Waals surface area contributed by atoms with Gasteiger partial charge in [0.15, 0.2) is 6.29 Å². The number of carbonyl (C=O) groups is 1. The van der Waals surface area contributed by atoms with E-state index in [1.165, 1.54) is 18.5 Å². The molecule has 0 radical (unpaired) electrons. The fourth-order valence-corrected chi connectivity index (χ4v) is 4.14. The normalized spacial score (nSPS) is 19.6. The number of carbonyl (C=O) groups excluding carboxylic acids is 1. The summed E-state index contributed by atoms with van der Waals surface area (Å²) in [4.78, 5) is 21.1. The van der Waals surface area contributed by atoms with Gasteiger partial charge in [-0.1, -0.05) is 0 Å². The number of aromatic nitrogens is 2. The first-order valence-electron chi connectivity index (χ1n) is 10.6. The van der Waals surface area contributed by atoms with Crippen molar-refractivity contribution in [2.75, 3.05) is 5.32 Å². The Kier molecular flexibility index (Phi) is 4.07. The minimum atomic E-state index is -0.296. The highest BCUT2D eigenvalue weighted by Crippen LogP contribution is 2.39. The molecule has 3 heterocycles. The number of aliphatic imine (C=N–C) groups is 1. The highest BCUT2D eigenvalue weighted by atomic mass is 16.1. The maximum Gasteiger partial charge on any atom is 0.251 e. The largest absolute Gasteiger partial charge is 0.350 e. The molecule has 156 valence electrons. The van der Waals surface area contributed by atoms with Crippen LogP contribution in [0.4, 0.5) is 5.69 Å². The lowest BCUT2D eigenvalue weighted by Crippen LogP contribution is -2.39. The molecule has 6 rings (SSSR count). The molecule has 1 unspecified atom stereocenters. The number of nitrogens with zero attached hydrogens (tertiary/aromatic N) is 3. The predicted molar refractivity (Wildman–Crippen MR) is 118 cm³/mol. The van der Waals surface area contributed by atoms with Gasteiger partial charge in [0.25, 0.3) is 5.91 Å². The Balaban J connectivity index is 1.17. The summed E-state index contributed by atoms with van der Waals surface area (Å²) in [5.41, 5.74) is 12.3. The number of rotatable bonds is 5. The molecule has 1 fully saturated rings. The van der Waals surface area contributed by atoms with Crippen LogP contribution in [-0.2, 0) is 6.54 Å². The zero-order valence-corrected chi connectivity index (χ0v) is 17.1. The highest BCUT2D eigenvalue weighted by molar-refractivity contribution is 6.00. The van der Waals surface area contributed by atoms with Gasteiger partial charge in [0.1, 0.15) is 11.7 Å². The number of fused-ring (bicyclic) bond motifs is 1. The first kappa shape index (κ1) is 18.1. The Bertz CT molecular complexity index is 1210. The third-order valence-electron chi connectivity index (χ3n) is 5.99. The number of hydrogen-bond acceptors (Lipinski definition) is 6. The summed E-state index contributed by atoms with van der Waals surface area (Å²) in [5, 5.41) is 6.17. The fraction of sp³-hybridized carbons (Fsp3) is 0.261. The molecule has 0 bridgehead atoms. The van der Waals surface area contributed by atoms with Gasteiger partial charge >= 0.3 is 0 Å². The number of nitrogens with one attached hydrogen (secondary N) is 4. The van der Waals surface area contributed by atoms with Crippen LogP contribution < -0.4 is 21.5 Å². The van der Waals surface area contributed by atoms with E-state index in [1.807, 2.05) is 25.1 Å². The fourth-order valence-electron chi connectivity index (χ4n) is 4.14. The van der Waals surface area contributed by atoms with Gasteiger partial charge in [-0.25, -0.2) is 9.98 Å². The molecule has 1 saturated carbocycles. The minimum Gasteiger partial charge on any atom is -0.350 e. The van der Waals surface area contributed by atoms with Crippen LogP contribution >= 0.6 is 0 Å². The van der Waals surface area contributed by atoms with Gasteiger partial charge in [0.2, 0.25) is 0 Å². The number of amidine groups is 1. The van der Waals surface area contributed by atoms with Crippen LogP contribution in [0.5, 0.6) is 0 Å². The second-order valence-electron chi connectivity index (χ2n) is 8.25. The van der Waals surface area contributed by atoms with E-state index in [4.69, 9.17) is 9.98 Å². The molecular weight excluding hydrogens is 390 g/mol. The lowest BCUT2D eigenvalue weighted by atomic mass is 10.1. The Labute approximate surface area is 179 Å². The van der Waals surface area contributed by atoms with Crippen molar-refractivity contribution in [3.63, 3.8) is 0 Å². The maximum absolute atomic E-state index is 11.7. The summed E-state index contributed by atoms with van der Waals surface area (Å²) < 4.78 is 2.15.